The first-order chi connectivity index (χ1) is 20.2. The molecule has 2 fully saturated rings. The van der Waals surface area contributed by atoms with Crippen molar-refractivity contribution in [1.29, 1.82) is 0 Å². The van der Waals surface area contributed by atoms with Gasteiger partial charge >= 0.3 is 6.03 Å². The molecule has 4 heterocycles. The SMILES string of the molecule is CC1(C)OC2C(COc3ccc(N)cc3C(=O)NO)OC(n3cnc4c(NC(=O)Nc5ccccc5)ncnc43)C2O1. The van der Waals surface area contributed by atoms with E-state index in [4.69, 9.17) is 29.9 Å². The lowest BCUT2D eigenvalue weighted by Gasteiger charge is -2.25. The number of nitrogen functional groups attached to an aromatic ring is 1. The number of ether oxygens (including phenoxy) is 4. The molecule has 2 aromatic carbocycles. The van der Waals surface area contributed by atoms with Crippen LogP contribution in [0.1, 0.15) is 30.4 Å². The quantitative estimate of drug-likeness (QED) is 0.123. The maximum Gasteiger partial charge on any atom is 0.324 e. The van der Waals surface area contributed by atoms with Crippen molar-refractivity contribution in [2.75, 3.05) is 23.0 Å². The zero-order chi connectivity index (χ0) is 29.4. The highest BCUT2D eigenvalue weighted by Crippen LogP contribution is 2.44. The van der Waals surface area contributed by atoms with E-state index in [0.29, 0.717) is 22.5 Å². The summed E-state index contributed by atoms with van der Waals surface area (Å²) in [6.07, 6.45) is 0.396. The summed E-state index contributed by atoms with van der Waals surface area (Å²) in [6.45, 7) is 3.58. The second kappa shape index (κ2) is 10.9. The summed E-state index contributed by atoms with van der Waals surface area (Å²) < 4.78 is 26.4. The number of hydrogen-bond donors (Lipinski definition) is 5. The predicted octanol–water partition coefficient (Wildman–Crippen LogP) is 2.67. The van der Waals surface area contributed by atoms with Crippen LogP contribution in [0.5, 0.6) is 5.75 Å². The lowest BCUT2D eigenvalue weighted by Crippen LogP contribution is -2.34. The van der Waals surface area contributed by atoms with Gasteiger partial charge in [-0.1, -0.05) is 18.2 Å². The molecule has 2 saturated heterocycles. The van der Waals surface area contributed by atoms with E-state index in [1.807, 2.05) is 18.2 Å². The van der Waals surface area contributed by atoms with Gasteiger partial charge in [-0.25, -0.2) is 25.2 Å². The van der Waals surface area contributed by atoms with Crippen LogP contribution in [0.3, 0.4) is 0 Å². The number of nitrogens with zero attached hydrogens (tertiary/aromatic N) is 4. The molecule has 0 bridgehead atoms. The van der Waals surface area contributed by atoms with Crippen molar-refractivity contribution in [2.45, 2.75) is 44.2 Å². The summed E-state index contributed by atoms with van der Waals surface area (Å²) in [5.41, 5.74) is 9.15. The molecule has 0 aliphatic carbocycles. The number of carbonyl (C=O) groups is 2. The number of aromatic nitrogens is 4. The number of para-hydroxylation sites is 1. The maximum atomic E-state index is 12.6. The third-order valence-corrected chi connectivity index (χ3v) is 6.77. The first kappa shape index (κ1) is 27.3. The zero-order valence-electron chi connectivity index (χ0n) is 22.6. The predicted molar refractivity (Wildman–Crippen MR) is 148 cm³/mol. The van der Waals surface area contributed by atoms with Gasteiger partial charge in [-0.3, -0.25) is 19.9 Å². The Labute approximate surface area is 238 Å². The largest absolute Gasteiger partial charge is 0.490 e. The van der Waals surface area contributed by atoms with Crippen LogP contribution in [0.4, 0.5) is 22.0 Å². The second-order valence-electron chi connectivity index (χ2n) is 10.1. The van der Waals surface area contributed by atoms with E-state index in [1.54, 1.807) is 42.1 Å². The van der Waals surface area contributed by atoms with Gasteiger partial charge in [0.15, 0.2) is 29.0 Å². The number of amides is 3. The average molecular weight is 577 g/mol. The topological polar surface area (TPSA) is 197 Å². The normalized spacial score (nSPS) is 22.5. The third-order valence-electron chi connectivity index (χ3n) is 6.77. The van der Waals surface area contributed by atoms with Crippen LogP contribution in [0, 0.1) is 0 Å². The molecule has 0 radical (unpaired) electrons. The number of anilines is 3. The molecule has 6 rings (SSSR count). The Bertz CT molecular complexity index is 1630. The number of rotatable bonds is 7. The molecule has 2 aliphatic rings. The number of nitrogens with two attached hydrogens (primary N) is 1. The van der Waals surface area contributed by atoms with Crippen molar-refractivity contribution in [1.82, 2.24) is 25.0 Å². The smallest absolute Gasteiger partial charge is 0.324 e. The van der Waals surface area contributed by atoms with E-state index >= 15 is 0 Å². The highest BCUT2D eigenvalue weighted by molar-refractivity contribution is 6.03. The van der Waals surface area contributed by atoms with Gasteiger partial charge in [-0.05, 0) is 44.2 Å². The molecule has 15 nitrogen and oxygen atoms in total. The van der Waals surface area contributed by atoms with Crippen LogP contribution in [0.2, 0.25) is 0 Å². The van der Waals surface area contributed by atoms with Crippen LogP contribution >= 0.6 is 0 Å². The number of urea groups is 1. The Balaban J connectivity index is 1.24. The summed E-state index contributed by atoms with van der Waals surface area (Å²) in [5.74, 6) is -1.27. The molecule has 4 atom stereocenters. The van der Waals surface area contributed by atoms with Crippen LogP contribution in [0.15, 0.2) is 61.2 Å². The van der Waals surface area contributed by atoms with Crippen LogP contribution in [0.25, 0.3) is 11.2 Å². The fourth-order valence-electron chi connectivity index (χ4n) is 5.02. The fraction of sp³-hybridized carbons (Fsp3) is 0.296. The van der Waals surface area contributed by atoms with Crippen molar-refractivity contribution < 1.29 is 33.7 Å². The minimum Gasteiger partial charge on any atom is -0.490 e. The molecule has 4 unspecified atom stereocenters. The van der Waals surface area contributed by atoms with Crippen molar-refractivity contribution >= 4 is 40.3 Å². The molecule has 218 valence electrons. The summed E-state index contributed by atoms with van der Waals surface area (Å²) in [7, 11) is 0. The van der Waals surface area contributed by atoms with Crippen molar-refractivity contribution in [3.8, 4) is 5.75 Å². The van der Waals surface area contributed by atoms with Crippen molar-refractivity contribution in [3.63, 3.8) is 0 Å². The molecular weight excluding hydrogens is 548 g/mol. The van der Waals surface area contributed by atoms with E-state index < -0.39 is 42.3 Å². The number of hydrogen-bond acceptors (Lipinski definition) is 11. The van der Waals surface area contributed by atoms with E-state index in [1.165, 1.54) is 24.8 Å². The first-order valence-corrected chi connectivity index (χ1v) is 13.0. The van der Waals surface area contributed by atoms with Gasteiger partial charge in [-0.15, -0.1) is 0 Å². The number of fused-ring (bicyclic) bond motifs is 2. The Kier molecular flexibility index (Phi) is 7.07. The monoisotopic (exact) mass is 576 g/mol. The number of benzene rings is 2. The van der Waals surface area contributed by atoms with Crippen LogP contribution in [-0.2, 0) is 14.2 Å². The fourth-order valence-corrected chi connectivity index (χ4v) is 5.02. The molecular formula is C27H28N8O7. The van der Waals surface area contributed by atoms with E-state index in [2.05, 4.69) is 25.6 Å². The molecule has 15 heteroatoms. The molecule has 0 spiro atoms. The lowest BCUT2D eigenvalue weighted by atomic mass is 10.1. The van der Waals surface area contributed by atoms with Gasteiger partial charge in [0, 0.05) is 11.4 Å². The third kappa shape index (κ3) is 5.28. The van der Waals surface area contributed by atoms with E-state index in [0.717, 1.165) is 0 Å². The molecule has 0 saturated carbocycles. The minimum absolute atomic E-state index is 0.0131. The Morgan fingerprint density at radius 2 is 1.86 bits per heavy atom. The van der Waals surface area contributed by atoms with Gasteiger partial charge in [0.1, 0.15) is 37.0 Å². The van der Waals surface area contributed by atoms with E-state index in [9.17, 15) is 9.59 Å². The number of nitrogens with one attached hydrogen (secondary N) is 3. The van der Waals surface area contributed by atoms with Gasteiger partial charge < -0.3 is 30.0 Å². The molecule has 2 aliphatic heterocycles. The Hall–Kier alpha value is -4.83. The van der Waals surface area contributed by atoms with Crippen LogP contribution in [-0.4, -0.2) is 67.4 Å². The number of carbonyl (C=O) groups excluding carboxylic acids is 2. The second-order valence-corrected chi connectivity index (χ2v) is 10.1. The van der Waals surface area contributed by atoms with Crippen molar-refractivity contribution in [2.24, 2.45) is 0 Å². The molecule has 2 aromatic heterocycles. The summed E-state index contributed by atoms with van der Waals surface area (Å²) in [5, 5.41) is 14.6. The first-order valence-electron chi connectivity index (χ1n) is 13.0. The lowest BCUT2D eigenvalue weighted by molar-refractivity contribution is -0.198. The summed E-state index contributed by atoms with van der Waals surface area (Å²) in [4.78, 5) is 37.8. The Morgan fingerprint density at radius 1 is 1.07 bits per heavy atom. The average Bonchev–Trinajstić information content (AvgIpc) is 3.63. The van der Waals surface area contributed by atoms with Crippen molar-refractivity contribution in [3.05, 3.63) is 66.7 Å². The Morgan fingerprint density at radius 3 is 2.64 bits per heavy atom. The van der Waals surface area contributed by atoms with Gasteiger partial charge in [0.05, 0.1) is 11.9 Å². The maximum absolute atomic E-state index is 12.6. The standard InChI is InChI=1S/C27H28N8O7/c1-27(2)41-20-18(11-39-17-9-8-14(28)10-16(17)24(36)34-38)40-25(21(20)42-27)35-13-31-19-22(29-12-30-23(19)35)33-26(37)32-15-6-4-3-5-7-15/h3-10,12-13,18,20-21,25,38H,11,28H2,1-2H3,(H,34,36)(H2,29,30,32,33,37). The van der Waals surface area contributed by atoms with Crippen LogP contribution < -0.4 is 26.6 Å². The number of imidazole rings is 1. The highest BCUT2D eigenvalue weighted by Gasteiger charge is 2.56. The molecule has 6 N–H and O–H groups in total. The van der Waals surface area contributed by atoms with Gasteiger partial charge in [0.2, 0.25) is 0 Å². The number of hydroxylamine groups is 1. The van der Waals surface area contributed by atoms with E-state index in [-0.39, 0.29) is 23.7 Å². The molecule has 3 amide bonds. The molecule has 42 heavy (non-hydrogen) atoms. The minimum atomic E-state index is -0.910. The highest BCUT2D eigenvalue weighted by atomic mass is 16.8. The summed E-state index contributed by atoms with van der Waals surface area (Å²) in [6, 6.07) is 13.0. The zero-order valence-corrected chi connectivity index (χ0v) is 22.6. The summed E-state index contributed by atoms with van der Waals surface area (Å²) >= 11 is 0. The van der Waals surface area contributed by atoms with Gasteiger partial charge in [-0.2, -0.15) is 0 Å². The molecule has 4 aromatic rings. The van der Waals surface area contributed by atoms with Gasteiger partial charge in [0.25, 0.3) is 5.91 Å².